The van der Waals surface area contributed by atoms with Gasteiger partial charge in [-0.15, -0.1) is 11.6 Å². The number of hydrogen-bond acceptors (Lipinski definition) is 8. The zero-order valence-electron chi connectivity index (χ0n) is 15.0. The number of rotatable bonds is 7. The molecule has 0 aliphatic heterocycles. The largest absolute Gasteiger partial charge is 0.389 e. The van der Waals surface area contributed by atoms with Crippen molar-refractivity contribution in [2.45, 2.75) is 46.1 Å². The third-order valence-corrected chi connectivity index (χ3v) is 3.82. The molecule has 150 valence electrons. The SMILES string of the molecule is Cc1ncc([N+](=O)[O-])n1CC(C)O.Cc1ncc([N+](=O)[O-])n1CC(O)CCl. The molecule has 2 rings (SSSR count). The van der Waals surface area contributed by atoms with Crippen molar-refractivity contribution in [1.29, 1.82) is 0 Å². The standard InChI is InChI=1S/C7H10ClN3O3.C7H11N3O3/c1-5-9-3-7(11(13)14)10(5)4-6(12)2-8;1-5(11)4-9-6(2)8-3-7(9)10(12)13/h3,6,12H,2,4H2,1H3;3,5,11H,4H2,1-2H3. The van der Waals surface area contributed by atoms with E-state index >= 15 is 0 Å². The molecule has 2 aromatic rings. The van der Waals surface area contributed by atoms with Gasteiger partial charge in [0.25, 0.3) is 0 Å². The van der Waals surface area contributed by atoms with Gasteiger partial charge in [-0.1, -0.05) is 0 Å². The van der Waals surface area contributed by atoms with Crippen molar-refractivity contribution in [3.05, 3.63) is 44.3 Å². The van der Waals surface area contributed by atoms with Gasteiger partial charge in [-0.05, 0) is 16.8 Å². The number of aliphatic hydroxyl groups is 2. The summed E-state index contributed by atoms with van der Waals surface area (Å²) in [4.78, 5) is 27.6. The molecule has 0 aliphatic carbocycles. The van der Waals surface area contributed by atoms with Crippen molar-refractivity contribution < 1.29 is 20.1 Å². The number of aromatic nitrogens is 4. The first-order valence-corrected chi connectivity index (χ1v) is 8.37. The second-order valence-electron chi connectivity index (χ2n) is 5.72. The molecule has 0 saturated heterocycles. The Bertz CT molecular complexity index is 789. The van der Waals surface area contributed by atoms with Gasteiger partial charge < -0.3 is 30.4 Å². The maximum absolute atomic E-state index is 10.5. The summed E-state index contributed by atoms with van der Waals surface area (Å²) >= 11 is 5.40. The Kier molecular flexibility index (Phi) is 8.28. The van der Waals surface area contributed by atoms with Crippen LogP contribution in [0.3, 0.4) is 0 Å². The Morgan fingerprint density at radius 2 is 1.44 bits per heavy atom. The molecule has 27 heavy (non-hydrogen) atoms. The maximum Gasteiger partial charge on any atom is 0.342 e. The number of nitro groups is 2. The number of alkyl halides is 1. The van der Waals surface area contributed by atoms with Crippen LogP contribution in [0, 0.1) is 34.1 Å². The summed E-state index contributed by atoms with van der Waals surface area (Å²) < 4.78 is 2.71. The van der Waals surface area contributed by atoms with Crippen LogP contribution in [-0.2, 0) is 13.1 Å². The quantitative estimate of drug-likeness (QED) is 0.394. The molecule has 2 heterocycles. The summed E-state index contributed by atoms with van der Waals surface area (Å²) in [5, 5.41) is 39.4. The van der Waals surface area contributed by atoms with Crippen LogP contribution in [0.2, 0.25) is 0 Å². The molecule has 0 spiro atoms. The van der Waals surface area contributed by atoms with E-state index in [1.165, 1.54) is 15.3 Å². The monoisotopic (exact) mass is 404 g/mol. The topological polar surface area (TPSA) is 162 Å². The minimum absolute atomic E-state index is 0.0365. The lowest BCUT2D eigenvalue weighted by Gasteiger charge is -2.06. The van der Waals surface area contributed by atoms with Crippen LogP contribution in [0.25, 0.3) is 0 Å². The van der Waals surface area contributed by atoms with Gasteiger partial charge in [0.05, 0.1) is 12.0 Å². The first kappa shape index (κ1) is 22.5. The number of aliphatic hydroxyl groups excluding tert-OH is 2. The third kappa shape index (κ3) is 6.27. The first-order chi connectivity index (χ1) is 12.6. The normalized spacial score (nSPS) is 12.8. The molecule has 2 N–H and O–H groups in total. The maximum atomic E-state index is 10.5. The van der Waals surface area contributed by atoms with E-state index in [1.54, 1.807) is 20.8 Å². The van der Waals surface area contributed by atoms with Crippen LogP contribution in [0.1, 0.15) is 18.6 Å². The van der Waals surface area contributed by atoms with E-state index in [-0.39, 0.29) is 30.6 Å². The van der Waals surface area contributed by atoms with Crippen LogP contribution in [0.5, 0.6) is 0 Å². The van der Waals surface area contributed by atoms with Crippen LogP contribution < -0.4 is 0 Å². The molecule has 0 bridgehead atoms. The lowest BCUT2D eigenvalue weighted by molar-refractivity contribution is -0.392. The molecule has 0 aromatic carbocycles. The van der Waals surface area contributed by atoms with Crippen molar-refractivity contribution in [2.75, 3.05) is 5.88 Å². The van der Waals surface area contributed by atoms with Crippen LogP contribution in [0.4, 0.5) is 11.6 Å². The average molecular weight is 405 g/mol. The summed E-state index contributed by atoms with van der Waals surface area (Å²) in [6.07, 6.45) is 0.934. The lowest BCUT2D eigenvalue weighted by atomic mass is 10.4. The number of imidazole rings is 2. The molecule has 13 heteroatoms. The molecular weight excluding hydrogens is 384 g/mol. The fraction of sp³-hybridized carbons (Fsp3) is 0.571. The van der Waals surface area contributed by atoms with Crippen molar-refractivity contribution >= 4 is 23.2 Å². The Balaban J connectivity index is 0.000000271. The highest BCUT2D eigenvalue weighted by atomic mass is 35.5. The van der Waals surface area contributed by atoms with Gasteiger partial charge in [0.1, 0.15) is 31.6 Å². The van der Waals surface area contributed by atoms with E-state index < -0.39 is 22.1 Å². The summed E-state index contributed by atoms with van der Waals surface area (Å²) in [6.45, 7) is 5.15. The summed E-state index contributed by atoms with van der Waals surface area (Å²) in [5.41, 5.74) is 0. The molecular formula is C14H21ClN6O6. The Morgan fingerprint density at radius 3 is 1.78 bits per heavy atom. The minimum Gasteiger partial charge on any atom is -0.389 e. The molecule has 0 amide bonds. The lowest BCUT2D eigenvalue weighted by Crippen LogP contribution is -2.19. The highest BCUT2D eigenvalue weighted by Gasteiger charge is 2.20. The van der Waals surface area contributed by atoms with E-state index in [0.29, 0.717) is 11.6 Å². The van der Waals surface area contributed by atoms with Gasteiger partial charge in [0, 0.05) is 13.8 Å². The number of hydrogen-bond donors (Lipinski definition) is 2. The molecule has 0 saturated carbocycles. The first-order valence-electron chi connectivity index (χ1n) is 7.83. The van der Waals surface area contributed by atoms with Crippen LogP contribution in [0.15, 0.2) is 12.4 Å². The van der Waals surface area contributed by atoms with Crippen molar-refractivity contribution in [1.82, 2.24) is 19.1 Å². The van der Waals surface area contributed by atoms with Crippen molar-refractivity contribution in [3.63, 3.8) is 0 Å². The van der Waals surface area contributed by atoms with E-state index in [0.717, 1.165) is 6.20 Å². The second-order valence-corrected chi connectivity index (χ2v) is 6.03. The van der Waals surface area contributed by atoms with Crippen molar-refractivity contribution in [3.8, 4) is 0 Å². The summed E-state index contributed by atoms with van der Waals surface area (Å²) in [5.74, 6) is 0.841. The molecule has 0 radical (unpaired) electrons. The Labute approximate surface area is 159 Å². The van der Waals surface area contributed by atoms with Gasteiger partial charge >= 0.3 is 11.6 Å². The smallest absolute Gasteiger partial charge is 0.342 e. The predicted octanol–water partition coefficient (Wildman–Crippen LogP) is 1.18. The van der Waals surface area contributed by atoms with Gasteiger partial charge in [-0.3, -0.25) is 0 Å². The highest BCUT2D eigenvalue weighted by molar-refractivity contribution is 6.18. The van der Waals surface area contributed by atoms with Gasteiger partial charge in [0.15, 0.2) is 11.6 Å². The third-order valence-electron chi connectivity index (χ3n) is 3.46. The number of aryl methyl sites for hydroxylation is 2. The average Bonchev–Trinajstić information content (AvgIpc) is 3.11. The molecule has 2 aromatic heterocycles. The van der Waals surface area contributed by atoms with E-state index in [1.807, 2.05) is 0 Å². The van der Waals surface area contributed by atoms with E-state index in [4.69, 9.17) is 16.7 Å². The molecule has 0 aliphatic rings. The molecule has 2 unspecified atom stereocenters. The molecule has 12 nitrogen and oxygen atoms in total. The summed E-state index contributed by atoms with van der Waals surface area (Å²) in [6, 6.07) is 0. The zero-order valence-corrected chi connectivity index (χ0v) is 15.8. The predicted molar refractivity (Wildman–Crippen MR) is 95.6 cm³/mol. The summed E-state index contributed by atoms with van der Waals surface area (Å²) in [7, 11) is 0. The number of nitrogens with zero attached hydrogens (tertiary/aromatic N) is 6. The second kappa shape index (κ2) is 9.94. The minimum atomic E-state index is -0.803. The molecule has 2 atom stereocenters. The van der Waals surface area contributed by atoms with Crippen molar-refractivity contribution in [2.24, 2.45) is 0 Å². The highest BCUT2D eigenvalue weighted by Crippen LogP contribution is 2.15. The van der Waals surface area contributed by atoms with Crippen LogP contribution in [-0.4, -0.2) is 57.2 Å². The molecule has 0 fully saturated rings. The van der Waals surface area contributed by atoms with E-state index in [9.17, 15) is 25.3 Å². The van der Waals surface area contributed by atoms with Gasteiger partial charge in [-0.2, -0.15) is 0 Å². The van der Waals surface area contributed by atoms with Gasteiger partial charge in [-0.25, -0.2) is 19.1 Å². The number of halogens is 1. The fourth-order valence-corrected chi connectivity index (χ4v) is 2.28. The Hall–Kier alpha value is -2.57. The zero-order chi connectivity index (χ0) is 20.7. The Morgan fingerprint density at radius 1 is 1.04 bits per heavy atom. The van der Waals surface area contributed by atoms with E-state index in [2.05, 4.69) is 9.97 Å². The van der Waals surface area contributed by atoms with Crippen LogP contribution >= 0.6 is 11.6 Å². The fourth-order valence-electron chi connectivity index (χ4n) is 2.18. The van der Waals surface area contributed by atoms with Gasteiger partial charge in [0.2, 0.25) is 0 Å².